The lowest BCUT2D eigenvalue weighted by molar-refractivity contribution is -0.905. The fourth-order valence-corrected chi connectivity index (χ4v) is 3.15. The minimum Gasteiger partial charge on any atom is -0.285 e. The van der Waals surface area contributed by atoms with Gasteiger partial charge in [-0.25, -0.2) is 8.42 Å². The summed E-state index contributed by atoms with van der Waals surface area (Å²) in [6.45, 7) is 0. The van der Waals surface area contributed by atoms with Crippen LogP contribution in [0.15, 0.2) is 29.4 Å². The topological polar surface area (TPSA) is 58.2 Å². The van der Waals surface area contributed by atoms with Crippen molar-refractivity contribution in [2.24, 2.45) is 0 Å². The van der Waals surface area contributed by atoms with E-state index in [2.05, 4.69) is 47.8 Å². The molecule has 1 aromatic rings. The molecule has 0 saturated carbocycles. The first kappa shape index (κ1) is 12.4. The highest BCUT2D eigenvalue weighted by Gasteiger charge is 2.37. The van der Waals surface area contributed by atoms with Crippen molar-refractivity contribution in [1.29, 1.82) is 0 Å². The molecule has 1 N–H and O–H groups in total. The maximum Gasteiger partial charge on any atom is 0.239 e. The van der Waals surface area contributed by atoms with Gasteiger partial charge in [0.25, 0.3) is 0 Å². The summed E-state index contributed by atoms with van der Waals surface area (Å²) in [6.07, 6.45) is 2.46. The van der Waals surface area contributed by atoms with Gasteiger partial charge in [-0.2, -0.15) is 0 Å². The summed E-state index contributed by atoms with van der Waals surface area (Å²) in [5, 5.41) is 8.91. The van der Waals surface area contributed by atoms with Gasteiger partial charge in [0.15, 0.2) is 0 Å². The molecule has 0 aromatic carbocycles. The largest absolute Gasteiger partial charge is 0.285 e. The molecule has 0 radical (unpaired) electrons. The minimum atomic E-state index is -3.57. The van der Waals surface area contributed by atoms with Crippen LogP contribution in [0.5, 0.6) is 0 Å². The van der Waals surface area contributed by atoms with Gasteiger partial charge in [0, 0.05) is 16.9 Å². The Morgan fingerprint density at radius 3 is 2.00 bits per heavy atom. The highest BCUT2D eigenvalue weighted by atomic mass is 80.0. The third kappa shape index (κ3) is 2.47. The fourth-order valence-electron chi connectivity index (χ4n) is 0.718. The lowest BCUT2D eigenvalue weighted by Gasteiger charge is -2.12. The zero-order valence-electron chi connectivity index (χ0n) is 6.56. The van der Waals surface area contributed by atoms with Gasteiger partial charge in [0.1, 0.15) is 0 Å². The molecular weight excluding hydrogens is 406 g/mol. The van der Waals surface area contributed by atoms with E-state index in [4.69, 9.17) is 5.21 Å². The van der Waals surface area contributed by atoms with Crippen molar-refractivity contribution >= 4 is 57.6 Å². The fraction of sp³-hybridized carbons (Fsp3) is 0.167. The first-order valence-corrected chi connectivity index (χ1v) is 7.13. The Labute approximate surface area is 106 Å². The number of alkyl halides is 3. The molecule has 0 aliphatic carbocycles. The van der Waals surface area contributed by atoms with Crippen LogP contribution in [0.2, 0.25) is 0 Å². The molecule has 0 aliphatic rings. The van der Waals surface area contributed by atoms with E-state index in [0.717, 1.165) is 4.73 Å². The Morgan fingerprint density at radius 2 is 1.64 bits per heavy atom. The lowest BCUT2D eigenvalue weighted by Crippen LogP contribution is -2.29. The van der Waals surface area contributed by atoms with Crippen LogP contribution in [-0.4, -0.2) is 15.1 Å². The average molecular weight is 411 g/mol. The van der Waals surface area contributed by atoms with Gasteiger partial charge in [0.05, 0.1) is 4.90 Å². The molecular formula is C6H5Br3NO3S+. The van der Waals surface area contributed by atoms with E-state index >= 15 is 0 Å². The number of hydrogen-bond acceptors (Lipinski definition) is 3. The molecule has 0 amide bonds. The zero-order chi connectivity index (χ0) is 11.0. The predicted molar refractivity (Wildman–Crippen MR) is 60.5 cm³/mol. The quantitative estimate of drug-likeness (QED) is 0.436. The van der Waals surface area contributed by atoms with E-state index in [1.165, 1.54) is 24.5 Å². The number of nitrogens with zero attached hydrogens (tertiary/aromatic N) is 1. The van der Waals surface area contributed by atoms with Crippen molar-refractivity contribution in [1.82, 2.24) is 0 Å². The Kier molecular flexibility index (Phi) is 3.61. The van der Waals surface area contributed by atoms with Gasteiger partial charge in [-0.05, 0) is 47.8 Å². The molecule has 8 heteroatoms. The second-order valence-corrected chi connectivity index (χ2v) is 12.8. The first-order chi connectivity index (χ1) is 6.25. The normalized spacial score (nSPS) is 12.8. The first-order valence-electron chi connectivity index (χ1n) is 3.27. The van der Waals surface area contributed by atoms with Crippen LogP contribution in [0.25, 0.3) is 0 Å². The molecule has 0 atom stereocenters. The molecule has 14 heavy (non-hydrogen) atoms. The van der Waals surface area contributed by atoms with E-state index < -0.39 is 11.3 Å². The van der Waals surface area contributed by atoms with Gasteiger partial charge in [-0.1, -0.05) is 0 Å². The molecule has 0 spiro atoms. The third-order valence-electron chi connectivity index (χ3n) is 1.40. The molecule has 0 fully saturated rings. The summed E-state index contributed by atoms with van der Waals surface area (Å²) in [5.74, 6) is 0. The highest BCUT2D eigenvalue weighted by Crippen LogP contribution is 2.42. The number of pyridine rings is 1. The van der Waals surface area contributed by atoms with E-state index in [1.807, 2.05) is 0 Å². The average Bonchev–Trinajstić information content (AvgIpc) is 2.03. The van der Waals surface area contributed by atoms with Gasteiger partial charge in [-0.15, -0.1) is 0 Å². The van der Waals surface area contributed by atoms with E-state index in [0.29, 0.717) is 0 Å². The van der Waals surface area contributed by atoms with Gasteiger partial charge >= 0.3 is 0 Å². The van der Waals surface area contributed by atoms with Gasteiger partial charge < -0.3 is 0 Å². The molecule has 1 aromatic heterocycles. The maximum absolute atomic E-state index is 11.7. The van der Waals surface area contributed by atoms with Crippen molar-refractivity contribution in [3.05, 3.63) is 24.5 Å². The van der Waals surface area contributed by atoms with Crippen molar-refractivity contribution in [2.45, 2.75) is 6.37 Å². The zero-order valence-corrected chi connectivity index (χ0v) is 12.1. The SMILES string of the molecule is O=S(=O)(c1cc[n+](O)cc1)C(Br)(Br)Br. The second kappa shape index (κ2) is 4.07. The molecule has 0 unspecified atom stereocenters. The molecule has 0 bridgehead atoms. The smallest absolute Gasteiger partial charge is 0.239 e. The Morgan fingerprint density at radius 1 is 1.21 bits per heavy atom. The summed E-state index contributed by atoms with van der Waals surface area (Å²) in [5.41, 5.74) is 0. The number of hydrogen-bond donors (Lipinski definition) is 1. The number of sulfone groups is 1. The molecule has 0 aliphatic heterocycles. The van der Waals surface area contributed by atoms with Crippen molar-refractivity contribution in [2.75, 3.05) is 0 Å². The van der Waals surface area contributed by atoms with Crippen molar-refractivity contribution in [3.8, 4) is 0 Å². The van der Waals surface area contributed by atoms with E-state index in [-0.39, 0.29) is 4.90 Å². The highest BCUT2D eigenvalue weighted by molar-refractivity contribution is 9.42. The van der Waals surface area contributed by atoms with Crippen LogP contribution >= 0.6 is 47.8 Å². The molecule has 1 rings (SSSR count). The van der Waals surface area contributed by atoms with Crippen LogP contribution in [-0.2, 0) is 9.84 Å². The van der Waals surface area contributed by atoms with Crippen LogP contribution < -0.4 is 4.73 Å². The van der Waals surface area contributed by atoms with Gasteiger partial charge in [-0.3, -0.25) is 5.21 Å². The summed E-state index contributed by atoms with van der Waals surface area (Å²) in [6, 6.07) is 2.57. The lowest BCUT2D eigenvalue weighted by atomic mass is 10.5. The van der Waals surface area contributed by atoms with E-state index in [9.17, 15) is 8.42 Å². The Hall–Kier alpha value is 0.340. The summed E-state index contributed by atoms with van der Waals surface area (Å²) >= 11 is 8.79. The predicted octanol–water partition coefficient (Wildman–Crippen LogP) is 1.78. The van der Waals surface area contributed by atoms with Crippen molar-refractivity contribution in [3.63, 3.8) is 0 Å². The van der Waals surface area contributed by atoms with E-state index in [1.54, 1.807) is 0 Å². The maximum atomic E-state index is 11.7. The van der Waals surface area contributed by atoms with Crippen LogP contribution in [0, 0.1) is 0 Å². The summed E-state index contributed by atoms with van der Waals surface area (Å²) in [4.78, 5) is 0.0772. The standard InChI is InChI=1S/C6H5Br3NO3S/c7-6(8,9)14(12,13)5-1-3-10(11)4-2-5/h1-4,11H/q+1. The molecule has 1 heterocycles. The van der Waals surface area contributed by atoms with Gasteiger partial charge in [0.2, 0.25) is 23.7 Å². The molecule has 78 valence electrons. The Balaban J connectivity index is 3.25. The van der Waals surface area contributed by atoms with Crippen LogP contribution in [0.4, 0.5) is 0 Å². The molecule has 0 saturated heterocycles. The number of halogens is 3. The second-order valence-electron chi connectivity index (χ2n) is 2.36. The Bertz CT molecular complexity index is 423. The summed E-state index contributed by atoms with van der Waals surface area (Å²) in [7, 11) is -3.57. The van der Waals surface area contributed by atoms with Crippen molar-refractivity contribution < 1.29 is 18.4 Å². The monoisotopic (exact) mass is 408 g/mol. The summed E-state index contributed by atoms with van der Waals surface area (Å²) < 4.78 is 22.8. The van der Waals surface area contributed by atoms with Crippen LogP contribution in [0.3, 0.4) is 0 Å². The number of aromatic nitrogens is 1. The molecule has 4 nitrogen and oxygen atoms in total. The minimum absolute atomic E-state index is 0.0772. The number of rotatable bonds is 1. The third-order valence-corrected chi connectivity index (χ3v) is 6.74. The van der Waals surface area contributed by atoms with Crippen LogP contribution in [0.1, 0.15) is 0 Å².